The van der Waals surface area contributed by atoms with Crippen LogP contribution in [0.15, 0.2) is 30.6 Å². The van der Waals surface area contributed by atoms with E-state index >= 15 is 0 Å². The molecule has 2 rings (SSSR count). The summed E-state index contributed by atoms with van der Waals surface area (Å²) in [5, 5.41) is 17.7. The van der Waals surface area contributed by atoms with E-state index in [4.69, 9.17) is 0 Å². The highest BCUT2D eigenvalue weighted by Crippen LogP contribution is 2.20. The second kappa shape index (κ2) is 6.79. The maximum Gasteiger partial charge on any atom is 0.270 e. The predicted octanol–water partition coefficient (Wildman–Crippen LogP) is 1.63. The number of non-ortho nitro benzene ring substituents is 1. The van der Waals surface area contributed by atoms with Crippen LogP contribution < -0.4 is 5.32 Å². The number of amides is 1. The number of hydrogen-bond donors (Lipinski definition) is 1. The lowest BCUT2D eigenvalue weighted by atomic mass is 10.2. The fourth-order valence-corrected chi connectivity index (χ4v) is 1.78. The summed E-state index contributed by atoms with van der Waals surface area (Å²) in [7, 11) is 0. The van der Waals surface area contributed by atoms with Gasteiger partial charge in [-0.15, -0.1) is 0 Å². The van der Waals surface area contributed by atoms with E-state index in [0.29, 0.717) is 23.9 Å². The predicted molar refractivity (Wildman–Crippen MR) is 80.0 cm³/mol. The van der Waals surface area contributed by atoms with Crippen LogP contribution >= 0.6 is 0 Å². The van der Waals surface area contributed by atoms with Crippen LogP contribution in [0.1, 0.15) is 13.8 Å². The third kappa shape index (κ3) is 4.11. The minimum atomic E-state index is -0.472. The average Bonchev–Trinajstić information content (AvgIpc) is 2.93. The highest BCUT2D eigenvalue weighted by atomic mass is 16.6. The van der Waals surface area contributed by atoms with Gasteiger partial charge in [0.2, 0.25) is 5.91 Å². The van der Waals surface area contributed by atoms with E-state index < -0.39 is 4.92 Å². The Morgan fingerprint density at radius 2 is 2.23 bits per heavy atom. The highest BCUT2D eigenvalue weighted by molar-refractivity contribution is 5.75. The molecule has 0 unspecified atom stereocenters. The minimum Gasteiger partial charge on any atom is -0.354 e. The smallest absolute Gasteiger partial charge is 0.270 e. The van der Waals surface area contributed by atoms with Gasteiger partial charge in [-0.05, 0) is 5.92 Å². The number of carbonyl (C=O) groups is 1. The van der Waals surface area contributed by atoms with E-state index in [1.54, 1.807) is 12.1 Å². The van der Waals surface area contributed by atoms with Crippen molar-refractivity contribution in [1.29, 1.82) is 0 Å². The number of rotatable bonds is 6. The molecule has 0 saturated carbocycles. The van der Waals surface area contributed by atoms with E-state index in [1.165, 1.54) is 23.1 Å². The summed E-state index contributed by atoms with van der Waals surface area (Å²) in [4.78, 5) is 26.1. The first kappa shape index (κ1) is 15.6. The van der Waals surface area contributed by atoms with E-state index in [-0.39, 0.29) is 18.1 Å². The van der Waals surface area contributed by atoms with Gasteiger partial charge in [0.1, 0.15) is 12.9 Å². The van der Waals surface area contributed by atoms with Crippen molar-refractivity contribution in [3.8, 4) is 11.4 Å². The van der Waals surface area contributed by atoms with Crippen molar-refractivity contribution in [2.45, 2.75) is 20.4 Å². The summed E-state index contributed by atoms with van der Waals surface area (Å²) >= 11 is 0. The first-order valence-electron chi connectivity index (χ1n) is 6.86. The molecule has 1 amide bonds. The summed E-state index contributed by atoms with van der Waals surface area (Å²) in [5.74, 6) is 0.574. The Bertz CT molecular complexity index is 681. The molecule has 1 aromatic heterocycles. The molecule has 1 heterocycles. The summed E-state index contributed by atoms with van der Waals surface area (Å²) in [5.41, 5.74) is 0.513. The van der Waals surface area contributed by atoms with Crippen molar-refractivity contribution < 1.29 is 9.72 Å². The zero-order valence-corrected chi connectivity index (χ0v) is 12.4. The van der Waals surface area contributed by atoms with Gasteiger partial charge >= 0.3 is 0 Å². The molecule has 0 atom stereocenters. The zero-order valence-electron chi connectivity index (χ0n) is 12.4. The molecule has 8 heteroatoms. The van der Waals surface area contributed by atoms with Crippen molar-refractivity contribution in [3.05, 3.63) is 40.7 Å². The quantitative estimate of drug-likeness (QED) is 0.645. The van der Waals surface area contributed by atoms with Gasteiger partial charge < -0.3 is 5.32 Å². The lowest BCUT2D eigenvalue weighted by Crippen LogP contribution is -2.30. The number of carbonyl (C=O) groups excluding carboxylic acids is 1. The van der Waals surface area contributed by atoms with Gasteiger partial charge in [-0.25, -0.2) is 9.67 Å². The van der Waals surface area contributed by atoms with E-state index in [9.17, 15) is 14.9 Å². The second-order valence-corrected chi connectivity index (χ2v) is 5.27. The van der Waals surface area contributed by atoms with Crippen LogP contribution in [0.25, 0.3) is 11.4 Å². The molecule has 0 bridgehead atoms. The van der Waals surface area contributed by atoms with Gasteiger partial charge in [0.25, 0.3) is 5.69 Å². The first-order valence-corrected chi connectivity index (χ1v) is 6.86. The molecule has 0 fully saturated rings. The molecular formula is C14H17N5O3. The third-order valence-corrected chi connectivity index (χ3v) is 2.86. The fraction of sp³-hybridized carbons (Fsp3) is 0.357. The Balaban J connectivity index is 2.06. The Morgan fingerprint density at radius 3 is 2.91 bits per heavy atom. The molecule has 0 saturated heterocycles. The minimum absolute atomic E-state index is 0.0245. The molecule has 0 aliphatic heterocycles. The van der Waals surface area contributed by atoms with Crippen molar-refractivity contribution in [3.63, 3.8) is 0 Å². The number of hydrogen-bond acceptors (Lipinski definition) is 5. The summed E-state index contributed by atoms with van der Waals surface area (Å²) in [6.45, 7) is 4.69. The van der Waals surface area contributed by atoms with Crippen molar-refractivity contribution in [1.82, 2.24) is 20.1 Å². The molecule has 2 aromatic rings. The van der Waals surface area contributed by atoms with Gasteiger partial charge in [0.05, 0.1) is 4.92 Å². The molecule has 22 heavy (non-hydrogen) atoms. The number of benzene rings is 1. The molecular weight excluding hydrogens is 286 g/mol. The van der Waals surface area contributed by atoms with E-state index in [1.807, 2.05) is 13.8 Å². The topological polar surface area (TPSA) is 103 Å². The third-order valence-electron chi connectivity index (χ3n) is 2.86. The normalized spacial score (nSPS) is 10.7. The van der Waals surface area contributed by atoms with Crippen LogP contribution in [0.3, 0.4) is 0 Å². The average molecular weight is 303 g/mol. The Kier molecular flexibility index (Phi) is 4.82. The summed E-state index contributed by atoms with van der Waals surface area (Å²) in [6, 6.07) is 6.06. The number of nitrogens with one attached hydrogen (secondary N) is 1. The van der Waals surface area contributed by atoms with Crippen LogP contribution in [-0.2, 0) is 11.3 Å². The zero-order chi connectivity index (χ0) is 16.1. The second-order valence-electron chi connectivity index (χ2n) is 5.27. The summed E-state index contributed by atoms with van der Waals surface area (Å²) in [6.07, 6.45) is 1.43. The highest BCUT2D eigenvalue weighted by Gasteiger charge is 2.11. The Hall–Kier alpha value is -2.77. The van der Waals surface area contributed by atoms with Crippen LogP contribution in [-0.4, -0.2) is 32.1 Å². The fourth-order valence-electron chi connectivity index (χ4n) is 1.78. The summed E-state index contributed by atoms with van der Waals surface area (Å²) < 4.78 is 1.41. The maximum absolute atomic E-state index is 11.7. The van der Waals surface area contributed by atoms with Gasteiger partial charge in [-0.1, -0.05) is 26.0 Å². The van der Waals surface area contributed by atoms with Crippen LogP contribution in [0, 0.1) is 16.0 Å². The number of nitro groups is 1. The number of nitro benzene ring substituents is 1. The SMILES string of the molecule is CC(C)CNC(=O)Cn1cnc(-c2cccc([N+](=O)[O-])c2)n1. The molecule has 0 spiro atoms. The van der Waals surface area contributed by atoms with Crippen molar-refractivity contribution in [2.24, 2.45) is 5.92 Å². The molecule has 0 aliphatic carbocycles. The van der Waals surface area contributed by atoms with Gasteiger partial charge in [-0.2, -0.15) is 5.10 Å². The lowest BCUT2D eigenvalue weighted by Gasteiger charge is -2.06. The van der Waals surface area contributed by atoms with Gasteiger partial charge in [-0.3, -0.25) is 14.9 Å². The maximum atomic E-state index is 11.7. The number of aromatic nitrogens is 3. The lowest BCUT2D eigenvalue weighted by molar-refractivity contribution is -0.384. The molecule has 0 radical (unpaired) electrons. The Labute approximate surface area is 127 Å². The standard InChI is InChI=1S/C14H17N5O3/c1-10(2)7-15-13(20)8-18-9-16-14(17-18)11-4-3-5-12(6-11)19(21)22/h3-6,9-10H,7-8H2,1-2H3,(H,15,20). The van der Waals surface area contributed by atoms with Gasteiger partial charge in [0.15, 0.2) is 5.82 Å². The first-order chi connectivity index (χ1) is 10.5. The molecule has 0 aliphatic rings. The van der Waals surface area contributed by atoms with Crippen LogP contribution in [0.5, 0.6) is 0 Å². The van der Waals surface area contributed by atoms with E-state index in [2.05, 4.69) is 15.4 Å². The molecule has 116 valence electrons. The Morgan fingerprint density at radius 1 is 1.45 bits per heavy atom. The molecule has 1 N–H and O–H groups in total. The van der Waals surface area contributed by atoms with Gasteiger partial charge in [0, 0.05) is 24.2 Å². The monoisotopic (exact) mass is 303 g/mol. The molecule has 8 nitrogen and oxygen atoms in total. The number of nitrogens with zero attached hydrogens (tertiary/aromatic N) is 4. The van der Waals surface area contributed by atoms with Crippen LogP contribution in [0.4, 0.5) is 5.69 Å². The largest absolute Gasteiger partial charge is 0.354 e. The van der Waals surface area contributed by atoms with Crippen molar-refractivity contribution >= 4 is 11.6 Å². The molecule has 1 aromatic carbocycles. The van der Waals surface area contributed by atoms with Crippen molar-refractivity contribution in [2.75, 3.05) is 6.54 Å². The van der Waals surface area contributed by atoms with E-state index in [0.717, 1.165) is 0 Å². The van der Waals surface area contributed by atoms with Crippen LogP contribution in [0.2, 0.25) is 0 Å².